The largest absolute Gasteiger partial charge is 0.493 e. The maximum absolute atomic E-state index is 9.39. The molecule has 0 bridgehead atoms. The molecule has 0 aliphatic rings. The molecule has 0 fully saturated rings. The van der Waals surface area contributed by atoms with Crippen molar-refractivity contribution in [3.8, 4) is 5.75 Å². The van der Waals surface area contributed by atoms with Gasteiger partial charge in [-0.25, -0.2) is 0 Å². The third-order valence-corrected chi connectivity index (χ3v) is 2.78. The fourth-order valence-corrected chi connectivity index (χ4v) is 1.73. The van der Waals surface area contributed by atoms with Crippen molar-refractivity contribution in [1.29, 1.82) is 0 Å². The zero-order valence-corrected chi connectivity index (χ0v) is 10.7. The zero-order valence-electron chi connectivity index (χ0n) is 10.7. The van der Waals surface area contributed by atoms with Crippen LogP contribution in [-0.4, -0.2) is 21.5 Å². The number of aromatic nitrogens is 2. The van der Waals surface area contributed by atoms with Crippen LogP contribution < -0.4 is 4.74 Å². The molecule has 0 saturated carbocycles. The van der Waals surface area contributed by atoms with Crippen molar-refractivity contribution in [3.63, 3.8) is 0 Å². The maximum Gasteiger partial charge on any atom is 0.119 e. The smallest absolute Gasteiger partial charge is 0.119 e. The van der Waals surface area contributed by atoms with Crippen LogP contribution in [0.3, 0.4) is 0 Å². The highest BCUT2D eigenvalue weighted by atomic mass is 16.5. The monoisotopic (exact) mass is 246 g/mol. The minimum Gasteiger partial charge on any atom is -0.493 e. The molecule has 0 aliphatic heterocycles. The summed E-state index contributed by atoms with van der Waals surface area (Å²) >= 11 is 0. The third kappa shape index (κ3) is 3.34. The van der Waals surface area contributed by atoms with Gasteiger partial charge in [-0.1, -0.05) is 12.1 Å². The molecule has 0 radical (unpaired) electrons. The summed E-state index contributed by atoms with van der Waals surface area (Å²) in [5.41, 5.74) is 2.06. The minimum atomic E-state index is -0.436. The third-order valence-electron chi connectivity index (χ3n) is 2.78. The van der Waals surface area contributed by atoms with E-state index in [9.17, 15) is 5.11 Å². The first-order valence-electron chi connectivity index (χ1n) is 6.03. The van der Waals surface area contributed by atoms with Gasteiger partial charge in [0.05, 0.1) is 18.9 Å². The summed E-state index contributed by atoms with van der Waals surface area (Å²) in [6.45, 7) is 2.37. The Bertz CT molecular complexity index is 489. The Labute approximate surface area is 107 Å². The van der Waals surface area contributed by atoms with Crippen LogP contribution in [0.25, 0.3) is 0 Å². The molecule has 1 heterocycles. The van der Waals surface area contributed by atoms with Crippen molar-refractivity contribution < 1.29 is 9.84 Å². The highest BCUT2D eigenvalue weighted by Gasteiger charge is 2.01. The predicted octanol–water partition coefficient (Wildman–Crippen LogP) is 2.09. The Kier molecular flexibility index (Phi) is 3.99. The SMILES string of the molecule is CC(O)c1ccc(OCCc2cnn(C)c2)cc1. The predicted molar refractivity (Wildman–Crippen MR) is 69.5 cm³/mol. The molecule has 2 aromatic rings. The molecule has 1 unspecified atom stereocenters. The van der Waals surface area contributed by atoms with Gasteiger partial charge in [0.15, 0.2) is 0 Å². The first-order chi connectivity index (χ1) is 8.65. The van der Waals surface area contributed by atoms with Crippen LogP contribution in [0.4, 0.5) is 0 Å². The summed E-state index contributed by atoms with van der Waals surface area (Å²) in [4.78, 5) is 0. The Balaban J connectivity index is 1.83. The summed E-state index contributed by atoms with van der Waals surface area (Å²) < 4.78 is 7.42. The van der Waals surface area contributed by atoms with Gasteiger partial charge in [0, 0.05) is 19.7 Å². The van der Waals surface area contributed by atoms with E-state index in [1.54, 1.807) is 11.6 Å². The molecule has 4 heteroatoms. The van der Waals surface area contributed by atoms with E-state index in [0.717, 1.165) is 23.3 Å². The molecular weight excluding hydrogens is 228 g/mol. The standard InChI is InChI=1S/C14H18N2O2/c1-11(17)13-3-5-14(6-4-13)18-8-7-12-9-15-16(2)10-12/h3-6,9-11,17H,7-8H2,1-2H3. The first-order valence-corrected chi connectivity index (χ1v) is 6.03. The van der Waals surface area contributed by atoms with E-state index in [-0.39, 0.29) is 0 Å². The van der Waals surface area contributed by atoms with Gasteiger partial charge in [-0.2, -0.15) is 5.10 Å². The van der Waals surface area contributed by atoms with Gasteiger partial charge in [0.1, 0.15) is 5.75 Å². The number of benzene rings is 1. The van der Waals surface area contributed by atoms with E-state index in [0.29, 0.717) is 6.61 Å². The highest BCUT2D eigenvalue weighted by Crippen LogP contribution is 2.17. The number of hydrogen-bond acceptors (Lipinski definition) is 3. The van der Waals surface area contributed by atoms with E-state index in [4.69, 9.17) is 4.74 Å². The van der Waals surface area contributed by atoms with Gasteiger partial charge in [0.25, 0.3) is 0 Å². The molecule has 1 atom stereocenters. The first kappa shape index (κ1) is 12.6. The highest BCUT2D eigenvalue weighted by molar-refractivity contribution is 5.28. The van der Waals surface area contributed by atoms with Crippen LogP contribution in [0.15, 0.2) is 36.7 Å². The molecule has 4 nitrogen and oxygen atoms in total. The summed E-state index contributed by atoms with van der Waals surface area (Å²) in [6.07, 6.45) is 4.24. The zero-order chi connectivity index (χ0) is 13.0. The summed E-state index contributed by atoms with van der Waals surface area (Å²) in [5, 5.41) is 13.5. The fourth-order valence-electron chi connectivity index (χ4n) is 1.73. The molecule has 96 valence electrons. The van der Waals surface area contributed by atoms with Gasteiger partial charge in [-0.15, -0.1) is 0 Å². The van der Waals surface area contributed by atoms with Crippen molar-refractivity contribution >= 4 is 0 Å². The molecule has 0 saturated heterocycles. The van der Waals surface area contributed by atoms with Crippen molar-refractivity contribution in [2.24, 2.45) is 7.05 Å². The number of aryl methyl sites for hydroxylation is 1. The lowest BCUT2D eigenvalue weighted by atomic mass is 10.1. The molecule has 2 rings (SSSR count). The number of ether oxygens (including phenoxy) is 1. The van der Waals surface area contributed by atoms with E-state index in [1.807, 2.05) is 43.7 Å². The lowest BCUT2D eigenvalue weighted by Gasteiger charge is -2.08. The van der Waals surface area contributed by atoms with Crippen LogP contribution >= 0.6 is 0 Å². The second-order valence-corrected chi connectivity index (χ2v) is 4.37. The molecule has 0 aliphatic carbocycles. The number of nitrogens with zero attached hydrogens (tertiary/aromatic N) is 2. The number of aliphatic hydroxyl groups excluding tert-OH is 1. The van der Waals surface area contributed by atoms with E-state index in [2.05, 4.69) is 5.10 Å². The van der Waals surface area contributed by atoms with Crippen LogP contribution in [-0.2, 0) is 13.5 Å². The number of hydrogen-bond donors (Lipinski definition) is 1. The Hall–Kier alpha value is -1.81. The topological polar surface area (TPSA) is 47.3 Å². The molecule has 1 N–H and O–H groups in total. The van der Waals surface area contributed by atoms with E-state index >= 15 is 0 Å². The number of aliphatic hydroxyl groups is 1. The summed E-state index contributed by atoms with van der Waals surface area (Å²) in [7, 11) is 1.90. The molecule has 1 aromatic heterocycles. The lowest BCUT2D eigenvalue weighted by Crippen LogP contribution is -2.01. The average molecular weight is 246 g/mol. The van der Waals surface area contributed by atoms with E-state index in [1.165, 1.54) is 0 Å². The van der Waals surface area contributed by atoms with Gasteiger partial charge >= 0.3 is 0 Å². The fraction of sp³-hybridized carbons (Fsp3) is 0.357. The molecule has 0 spiro atoms. The minimum absolute atomic E-state index is 0.436. The van der Waals surface area contributed by atoms with Crippen molar-refractivity contribution in [2.45, 2.75) is 19.4 Å². The number of rotatable bonds is 5. The van der Waals surface area contributed by atoms with Crippen molar-refractivity contribution in [1.82, 2.24) is 9.78 Å². The Morgan fingerprint density at radius 1 is 1.33 bits per heavy atom. The normalized spacial score (nSPS) is 12.4. The summed E-state index contributed by atoms with van der Waals surface area (Å²) in [6, 6.07) is 7.52. The second kappa shape index (κ2) is 5.69. The Morgan fingerprint density at radius 3 is 2.61 bits per heavy atom. The average Bonchev–Trinajstić information content (AvgIpc) is 2.76. The van der Waals surface area contributed by atoms with Gasteiger partial charge in [0.2, 0.25) is 0 Å². The van der Waals surface area contributed by atoms with E-state index < -0.39 is 6.10 Å². The van der Waals surface area contributed by atoms with Crippen LogP contribution in [0, 0.1) is 0 Å². The van der Waals surface area contributed by atoms with Crippen molar-refractivity contribution in [3.05, 3.63) is 47.8 Å². The van der Waals surface area contributed by atoms with Gasteiger partial charge in [-0.3, -0.25) is 4.68 Å². The van der Waals surface area contributed by atoms with Crippen LogP contribution in [0.2, 0.25) is 0 Å². The van der Waals surface area contributed by atoms with Gasteiger partial charge < -0.3 is 9.84 Å². The second-order valence-electron chi connectivity index (χ2n) is 4.37. The molecule has 18 heavy (non-hydrogen) atoms. The molecular formula is C14H18N2O2. The van der Waals surface area contributed by atoms with Crippen LogP contribution in [0.1, 0.15) is 24.2 Å². The van der Waals surface area contributed by atoms with Gasteiger partial charge in [-0.05, 0) is 30.2 Å². The lowest BCUT2D eigenvalue weighted by molar-refractivity contribution is 0.199. The quantitative estimate of drug-likeness (QED) is 0.878. The molecule has 1 aromatic carbocycles. The Morgan fingerprint density at radius 2 is 2.06 bits per heavy atom. The molecule has 0 amide bonds. The van der Waals surface area contributed by atoms with Crippen LogP contribution in [0.5, 0.6) is 5.75 Å². The maximum atomic E-state index is 9.39. The van der Waals surface area contributed by atoms with Crippen molar-refractivity contribution in [2.75, 3.05) is 6.61 Å². The summed E-state index contributed by atoms with van der Waals surface area (Å²) in [5.74, 6) is 0.822.